The number of hydrogen-bond donors (Lipinski definition) is 2. The molecule has 0 aromatic carbocycles. The van der Waals surface area contributed by atoms with Gasteiger partial charge in [-0.1, -0.05) is 13.8 Å². The fraction of sp³-hybridized carbons (Fsp3) is 0.538. The molecule has 94 valence electrons. The number of aryl methyl sites for hydroxylation is 1. The van der Waals surface area contributed by atoms with Gasteiger partial charge in [0.2, 0.25) is 0 Å². The molecule has 0 aliphatic carbocycles. The minimum Gasteiger partial charge on any atom is -0.397 e. The van der Waals surface area contributed by atoms with Gasteiger partial charge in [0.1, 0.15) is 0 Å². The van der Waals surface area contributed by atoms with E-state index in [2.05, 4.69) is 24.1 Å². The lowest BCUT2D eigenvalue weighted by Crippen LogP contribution is -2.25. The maximum absolute atomic E-state index is 11.9. The molecule has 0 radical (unpaired) electrons. The lowest BCUT2D eigenvalue weighted by Gasteiger charge is -2.08. The number of anilines is 1. The molecule has 0 saturated heterocycles. The summed E-state index contributed by atoms with van der Waals surface area (Å²) in [6.07, 6.45) is 3.68. The standard InChI is InChI=1S/C13H21N3O/c1-9(2)5-4-6-15-13(17)12-7-11(14)8-16-10(12)3/h7-9H,4-6,14H2,1-3H3,(H,15,17). The Hall–Kier alpha value is -1.58. The number of carbonyl (C=O) groups excluding carboxylic acids is 1. The van der Waals surface area contributed by atoms with Crippen LogP contribution >= 0.6 is 0 Å². The number of nitrogens with two attached hydrogens (primary N) is 1. The van der Waals surface area contributed by atoms with E-state index in [9.17, 15) is 4.79 Å². The fourth-order valence-corrected chi connectivity index (χ4v) is 1.59. The Morgan fingerprint density at radius 1 is 1.53 bits per heavy atom. The van der Waals surface area contributed by atoms with Crippen LogP contribution in [0.5, 0.6) is 0 Å². The molecule has 0 aliphatic rings. The number of pyridine rings is 1. The molecular weight excluding hydrogens is 214 g/mol. The van der Waals surface area contributed by atoms with Crippen molar-refractivity contribution in [1.29, 1.82) is 0 Å². The van der Waals surface area contributed by atoms with Crippen molar-refractivity contribution in [3.05, 3.63) is 23.5 Å². The molecule has 1 heterocycles. The van der Waals surface area contributed by atoms with E-state index in [4.69, 9.17) is 5.73 Å². The van der Waals surface area contributed by atoms with Crippen LogP contribution in [0, 0.1) is 12.8 Å². The Morgan fingerprint density at radius 2 is 2.24 bits per heavy atom. The zero-order valence-electron chi connectivity index (χ0n) is 10.8. The summed E-state index contributed by atoms with van der Waals surface area (Å²) in [7, 11) is 0. The number of amides is 1. The van der Waals surface area contributed by atoms with Gasteiger partial charge in [-0.15, -0.1) is 0 Å². The van der Waals surface area contributed by atoms with Crippen LogP contribution in [0.15, 0.2) is 12.3 Å². The van der Waals surface area contributed by atoms with E-state index in [0.29, 0.717) is 29.4 Å². The van der Waals surface area contributed by atoms with Gasteiger partial charge in [0.05, 0.1) is 23.1 Å². The first-order valence-corrected chi connectivity index (χ1v) is 6.01. The molecule has 0 saturated carbocycles. The Labute approximate surface area is 103 Å². The summed E-state index contributed by atoms with van der Waals surface area (Å²) in [5.74, 6) is 0.578. The smallest absolute Gasteiger partial charge is 0.253 e. The number of nitrogens with zero attached hydrogens (tertiary/aromatic N) is 1. The van der Waals surface area contributed by atoms with Gasteiger partial charge >= 0.3 is 0 Å². The summed E-state index contributed by atoms with van der Waals surface area (Å²) >= 11 is 0. The molecule has 0 fully saturated rings. The van der Waals surface area contributed by atoms with Crippen LogP contribution in [0.2, 0.25) is 0 Å². The van der Waals surface area contributed by atoms with E-state index in [-0.39, 0.29) is 5.91 Å². The minimum atomic E-state index is -0.0916. The van der Waals surface area contributed by atoms with Crippen molar-refractivity contribution in [1.82, 2.24) is 10.3 Å². The average Bonchev–Trinajstić information content (AvgIpc) is 2.27. The van der Waals surface area contributed by atoms with E-state index < -0.39 is 0 Å². The van der Waals surface area contributed by atoms with Crippen LogP contribution in [0.3, 0.4) is 0 Å². The first-order valence-electron chi connectivity index (χ1n) is 6.01. The Morgan fingerprint density at radius 3 is 2.88 bits per heavy atom. The molecule has 0 aliphatic heterocycles. The predicted octanol–water partition coefficient (Wildman–Crippen LogP) is 2.14. The number of nitrogen functional groups attached to an aromatic ring is 1. The Balaban J connectivity index is 2.49. The van der Waals surface area contributed by atoms with Crippen molar-refractivity contribution < 1.29 is 4.79 Å². The van der Waals surface area contributed by atoms with Gasteiger partial charge in [-0.25, -0.2) is 0 Å². The Kier molecular flexibility index (Phi) is 4.94. The highest BCUT2D eigenvalue weighted by molar-refractivity contribution is 5.95. The number of nitrogens with one attached hydrogen (secondary N) is 1. The van der Waals surface area contributed by atoms with E-state index >= 15 is 0 Å². The molecule has 0 atom stereocenters. The van der Waals surface area contributed by atoms with Crippen LogP contribution in [-0.4, -0.2) is 17.4 Å². The van der Waals surface area contributed by atoms with Crippen molar-refractivity contribution >= 4 is 11.6 Å². The van der Waals surface area contributed by atoms with Gasteiger partial charge in [-0.05, 0) is 31.7 Å². The van der Waals surface area contributed by atoms with Crippen LogP contribution in [0.25, 0.3) is 0 Å². The average molecular weight is 235 g/mol. The van der Waals surface area contributed by atoms with Crippen molar-refractivity contribution in [2.45, 2.75) is 33.6 Å². The second kappa shape index (κ2) is 6.23. The third-order valence-electron chi connectivity index (χ3n) is 2.60. The molecule has 17 heavy (non-hydrogen) atoms. The molecule has 0 spiro atoms. The molecule has 1 aromatic heterocycles. The SMILES string of the molecule is Cc1ncc(N)cc1C(=O)NCCCC(C)C. The first-order chi connectivity index (χ1) is 8.00. The molecule has 0 bridgehead atoms. The van der Waals surface area contributed by atoms with Gasteiger partial charge in [0.25, 0.3) is 5.91 Å². The zero-order valence-corrected chi connectivity index (χ0v) is 10.8. The summed E-state index contributed by atoms with van der Waals surface area (Å²) in [6.45, 7) is 6.86. The first kappa shape index (κ1) is 13.5. The van der Waals surface area contributed by atoms with Crippen LogP contribution < -0.4 is 11.1 Å². The number of hydrogen-bond acceptors (Lipinski definition) is 3. The molecule has 4 heteroatoms. The van der Waals surface area contributed by atoms with E-state index in [1.807, 2.05) is 6.92 Å². The monoisotopic (exact) mass is 235 g/mol. The quantitative estimate of drug-likeness (QED) is 0.768. The third-order valence-corrected chi connectivity index (χ3v) is 2.60. The van der Waals surface area contributed by atoms with Crippen LogP contribution in [-0.2, 0) is 0 Å². The van der Waals surface area contributed by atoms with E-state index in [1.165, 1.54) is 0 Å². The van der Waals surface area contributed by atoms with Gasteiger partial charge in [-0.2, -0.15) is 0 Å². The van der Waals surface area contributed by atoms with Crippen molar-refractivity contribution in [3.8, 4) is 0 Å². The van der Waals surface area contributed by atoms with Crippen molar-refractivity contribution in [3.63, 3.8) is 0 Å². The molecule has 1 amide bonds. The largest absolute Gasteiger partial charge is 0.397 e. The lowest BCUT2D eigenvalue weighted by atomic mass is 10.1. The molecule has 3 N–H and O–H groups in total. The molecule has 1 rings (SSSR count). The lowest BCUT2D eigenvalue weighted by molar-refractivity contribution is 0.0951. The van der Waals surface area contributed by atoms with Crippen LogP contribution in [0.4, 0.5) is 5.69 Å². The summed E-state index contributed by atoms with van der Waals surface area (Å²) in [5, 5.41) is 2.89. The van der Waals surface area contributed by atoms with Gasteiger partial charge in [-0.3, -0.25) is 9.78 Å². The highest BCUT2D eigenvalue weighted by Crippen LogP contribution is 2.09. The molecule has 1 aromatic rings. The highest BCUT2D eigenvalue weighted by atomic mass is 16.1. The van der Waals surface area contributed by atoms with Crippen molar-refractivity contribution in [2.75, 3.05) is 12.3 Å². The molecular formula is C13H21N3O. The summed E-state index contributed by atoms with van der Waals surface area (Å²) in [6, 6.07) is 1.67. The second-order valence-electron chi connectivity index (χ2n) is 4.69. The van der Waals surface area contributed by atoms with E-state index in [1.54, 1.807) is 12.3 Å². The summed E-state index contributed by atoms with van der Waals surface area (Å²) < 4.78 is 0. The minimum absolute atomic E-state index is 0.0916. The van der Waals surface area contributed by atoms with Crippen molar-refractivity contribution in [2.24, 2.45) is 5.92 Å². The summed E-state index contributed by atoms with van der Waals surface area (Å²) in [4.78, 5) is 15.9. The van der Waals surface area contributed by atoms with Gasteiger partial charge in [0.15, 0.2) is 0 Å². The topological polar surface area (TPSA) is 68.0 Å². The predicted molar refractivity (Wildman–Crippen MR) is 69.8 cm³/mol. The number of carbonyl (C=O) groups is 1. The second-order valence-corrected chi connectivity index (χ2v) is 4.69. The normalized spacial score (nSPS) is 10.6. The number of rotatable bonds is 5. The third kappa shape index (κ3) is 4.43. The van der Waals surface area contributed by atoms with Crippen LogP contribution in [0.1, 0.15) is 42.7 Å². The van der Waals surface area contributed by atoms with E-state index in [0.717, 1.165) is 12.8 Å². The Bertz CT molecular complexity index is 388. The maximum atomic E-state index is 11.9. The maximum Gasteiger partial charge on any atom is 0.253 e. The van der Waals surface area contributed by atoms with Gasteiger partial charge in [0, 0.05) is 6.54 Å². The fourth-order valence-electron chi connectivity index (χ4n) is 1.59. The number of aromatic nitrogens is 1. The molecule has 0 unspecified atom stereocenters. The highest BCUT2D eigenvalue weighted by Gasteiger charge is 2.09. The molecule has 4 nitrogen and oxygen atoms in total. The zero-order chi connectivity index (χ0) is 12.8. The van der Waals surface area contributed by atoms with Gasteiger partial charge < -0.3 is 11.1 Å². The summed E-state index contributed by atoms with van der Waals surface area (Å²) in [5.41, 5.74) is 7.41.